The topological polar surface area (TPSA) is 75.1 Å². The molecule has 1 atom stereocenters. The van der Waals surface area contributed by atoms with E-state index in [0.717, 1.165) is 22.7 Å². The Hall–Kier alpha value is -1.84. The molecule has 1 aliphatic carbocycles. The molecule has 2 aromatic rings. The van der Waals surface area contributed by atoms with Gasteiger partial charge in [0.05, 0.1) is 11.1 Å². The smallest absolute Gasteiger partial charge is 0.155 e. The fourth-order valence-corrected chi connectivity index (χ4v) is 6.80. The summed E-state index contributed by atoms with van der Waals surface area (Å²) in [5, 5.41) is 12.0. The van der Waals surface area contributed by atoms with Crippen molar-refractivity contribution in [1.82, 2.24) is 4.98 Å². The molecule has 2 aliphatic rings. The first-order valence-corrected chi connectivity index (χ1v) is 10.7. The molecule has 1 spiro atoms. The molecular formula is C20H22N4S2. The summed E-state index contributed by atoms with van der Waals surface area (Å²) in [6.07, 6.45) is 10.8. The van der Waals surface area contributed by atoms with E-state index in [1.165, 1.54) is 37.0 Å². The Morgan fingerprint density at radius 2 is 1.96 bits per heavy atom. The number of aromatic nitrogens is 1. The van der Waals surface area contributed by atoms with Crippen LogP contribution in [0.4, 0.5) is 0 Å². The van der Waals surface area contributed by atoms with Gasteiger partial charge in [-0.05, 0) is 49.3 Å². The van der Waals surface area contributed by atoms with E-state index in [1.807, 2.05) is 12.3 Å². The van der Waals surface area contributed by atoms with Gasteiger partial charge in [0.25, 0.3) is 0 Å². The SMILES string of the molecule is CC1(c2cc(-c3cncc(C#N)c3)cs2)CC2(CCCCC2)SC(N)=N1. The van der Waals surface area contributed by atoms with Crippen LogP contribution in [0.15, 0.2) is 34.9 Å². The number of pyridine rings is 1. The van der Waals surface area contributed by atoms with E-state index in [9.17, 15) is 0 Å². The lowest BCUT2D eigenvalue weighted by atomic mass is 9.78. The molecule has 0 aromatic carbocycles. The van der Waals surface area contributed by atoms with Gasteiger partial charge < -0.3 is 5.73 Å². The average molecular weight is 383 g/mol. The molecule has 3 heterocycles. The second kappa shape index (κ2) is 6.71. The van der Waals surface area contributed by atoms with Crippen LogP contribution in [0.3, 0.4) is 0 Å². The summed E-state index contributed by atoms with van der Waals surface area (Å²) in [7, 11) is 0. The van der Waals surface area contributed by atoms with Gasteiger partial charge in [0, 0.05) is 27.6 Å². The van der Waals surface area contributed by atoms with Gasteiger partial charge in [-0.15, -0.1) is 11.3 Å². The zero-order valence-electron chi connectivity index (χ0n) is 14.9. The number of nitrogens with zero attached hydrogens (tertiary/aromatic N) is 3. The number of aliphatic imine (C=N–C) groups is 1. The van der Waals surface area contributed by atoms with Crippen molar-refractivity contribution < 1.29 is 0 Å². The second-order valence-electron chi connectivity index (χ2n) is 7.52. The number of thiophene rings is 1. The number of nitriles is 1. The third-order valence-electron chi connectivity index (χ3n) is 5.44. The maximum absolute atomic E-state index is 9.11. The Kier molecular flexibility index (Phi) is 4.54. The number of hydrogen-bond donors (Lipinski definition) is 1. The number of thioether (sulfide) groups is 1. The van der Waals surface area contributed by atoms with Crippen molar-refractivity contribution in [1.29, 1.82) is 5.26 Å². The molecule has 6 heteroatoms. The van der Waals surface area contributed by atoms with E-state index in [1.54, 1.807) is 29.3 Å². The van der Waals surface area contributed by atoms with Crippen LogP contribution in [0.25, 0.3) is 11.1 Å². The molecule has 0 saturated heterocycles. The number of nitrogens with two attached hydrogens (primary N) is 1. The summed E-state index contributed by atoms with van der Waals surface area (Å²) in [5.74, 6) is 0. The van der Waals surface area contributed by atoms with E-state index in [4.69, 9.17) is 16.0 Å². The molecule has 2 N–H and O–H groups in total. The van der Waals surface area contributed by atoms with Crippen molar-refractivity contribution in [3.05, 3.63) is 40.3 Å². The second-order valence-corrected chi connectivity index (χ2v) is 9.92. The summed E-state index contributed by atoms with van der Waals surface area (Å²) in [4.78, 5) is 10.3. The molecule has 134 valence electrons. The summed E-state index contributed by atoms with van der Waals surface area (Å²) < 4.78 is 0.241. The molecule has 1 aliphatic heterocycles. The molecule has 4 rings (SSSR count). The van der Waals surface area contributed by atoms with Crippen molar-refractivity contribution in [3.8, 4) is 17.2 Å². The third kappa shape index (κ3) is 3.26. The molecule has 0 radical (unpaired) electrons. The van der Waals surface area contributed by atoms with E-state index in [-0.39, 0.29) is 10.3 Å². The summed E-state index contributed by atoms with van der Waals surface area (Å²) in [6.45, 7) is 2.22. The molecule has 2 aromatic heterocycles. The van der Waals surface area contributed by atoms with Gasteiger partial charge in [0.15, 0.2) is 5.17 Å². The number of hydrogen-bond acceptors (Lipinski definition) is 6. The first-order valence-electron chi connectivity index (χ1n) is 9.01. The monoisotopic (exact) mass is 382 g/mol. The molecule has 1 fully saturated rings. The number of rotatable bonds is 2. The molecule has 1 saturated carbocycles. The van der Waals surface area contributed by atoms with Crippen molar-refractivity contribution in [2.45, 2.75) is 55.7 Å². The summed E-state index contributed by atoms with van der Waals surface area (Å²) in [5.41, 5.74) is 8.67. The zero-order valence-corrected chi connectivity index (χ0v) is 16.5. The Morgan fingerprint density at radius 1 is 1.15 bits per heavy atom. The highest BCUT2D eigenvalue weighted by atomic mass is 32.2. The van der Waals surface area contributed by atoms with E-state index in [2.05, 4.69) is 29.4 Å². The average Bonchev–Trinajstić information content (AvgIpc) is 3.12. The minimum atomic E-state index is -0.268. The van der Waals surface area contributed by atoms with Gasteiger partial charge in [0.2, 0.25) is 0 Å². The van der Waals surface area contributed by atoms with E-state index < -0.39 is 0 Å². The van der Waals surface area contributed by atoms with Crippen molar-refractivity contribution in [2.75, 3.05) is 0 Å². The Bertz CT molecular complexity index is 889. The van der Waals surface area contributed by atoms with Crippen LogP contribution >= 0.6 is 23.1 Å². The Labute approximate surface area is 162 Å². The van der Waals surface area contributed by atoms with Crippen LogP contribution in [0.5, 0.6) is 0 Å². The molecule has 4 nitrogen and oxygen atoms in total. The lowest BCUT2D eigenvalue weighted by Gasteiger charge is -2.45. The largest absolute Gasteiger partial charge is 0.378 e. The van der Waals surface area contributed by atoms with Gasteiger partial charge in [-0.3, -0.25) is 9.98 Å². The first kappa shape index (κ1) is 17.6. The molecule has 0 amide bonds. The first-order chi connectivity index (χ1) is 12.5. The summed E-state index contributed by atoms with van der Waals surface area (Å²) >= 11 is 3.53. The molecule has 26 heavy (non-hydrogen) atoms. The zero-order chi connectivity index (χ0) is 18.2. The van der Waals surface area contributed by atoms with Crippen LogP contribution in [0, 0.1) is 11.3 Å². The van der Waals surface area contributed by atoms with Gasteiger partial charge in [-0.1, -0.05) is 31.0 Å². The van der Waals surface area contributed by atoms with Crippen molar-refractivity contribution >= 4 is 28.3 Å². The minimum absolute atomic E-state index is 0.241. The Balaban J connectivity index is 1.67. The van der Waals surface area contributed by atoms with Crippen molar-refractivity contribution in [3.63, 3.8) is 0 Å². The fourth-order valence-electron chi connectivity index (χ4n) is 4.24. The third-order valence-corrected chi connectivity index (χ3v) is 7.91. The predicted molar refractivity (Wildman–Crippen MR) is 109 cm³/mol. The molecule has 1 unspecified atom stereocenters. The molecule has 0 bridgehead atoms. The van der Waals surface area contributed by atoms with Crippen LogP contribution in [0.2, 0.25) is 0 Å². The Morgan fingerprint density at radius 3 is 2.73 bits per heavy atom. The van der Waals surface area contributed by atoms with Gasteiger partial charge in [-0.25, -0.2) is 0 Å². The van der Waals surface area contributed by atoms with E-state index >= 15 is 0 Å². The van der Waals surface area contributed by atoms with Gasteiger partial charge >= 0.3 is 0 Å². The van der Waals surface area contributed by atoms with Crippen LogP contribution in [-0.2, 0) is 5.54 Å². The highest BCUT2D eigenvalue weighted by Crippen LogP contribution is 2.53. The predicted octanol–water partition coefficient (Wildman–Crippen LogP) is 5.05. The van der Waals surface area contributed by atoms with Gasteiger partial charge in [0.1, 0.15) is 6.07 Å². The lowest BCUT2D eigenvalue weighted by molar-refractivity contribution is 0.306. The quantitative estimate of drug-likeness (QED) is 0.788. The highest BCUT2D eigenvalue weighted by Gasteiger charge is 2.45. The summed E-state index contributed by atoms with van der Waals surface area (Å²) in [6, 6.07) is 6.25. The number of amidine groups is 1. The normalized spacial score (nSPS) is 24.8. The van der Waals surface area contributed by atoms with Crippen LogP contribution < -0.4 is 5.73 Å². The standard InChI is InChI=1S/C20H22N4S2/c1-19(13-20(26-18(22)24-19)5-3-2-4-6-20)17-8-16(12-25-17)15-7-14(9-21)10-23-11-15/h7-8,10-12H,2-6,13H2,1H3,(H2,22,24). The van der Waals surface area contributed by atoms with Crippen molar-refractivity contribution in [2.24, 2.45) is 10.7 Å². The highest BCUT2D eigenvalue weighted by molar-refractivity contribution is 8.15. The fraction of sp³-hybridized carbons (Fsp3) is 0.450. The maximum Gasteiger partial charge on any atom is 0.155 e. The van der Waals surface area contributed by atoms with Crippen LogP contribution in [-0.4, -0.2) is 14.9 Å². The maximum atomic E-state index is 9.11. The van der Waals surface area contributed by atoms with Gasteiger partial charge in [-0.2, -0.15) is 5.26 Å². The van der Waals surface area contributed by atoms with Crippen LogP contribution in [0.1, 0.15) is 55.9 Å². The molecular weight excluding hydrogens is 360 g/mol. The van der Waals surface area contributed by atoms with E-state index in [0.29, 0.717) is 5.56 Å². The lowest BCUT2D eigenvalue weighted by Crippen LogP contribution is -2.42. The minimum Gasteiger partial charge on any atom is -0.378 e.